The van der Waals surface area contributed by atoms with Crippen molar-refractivity contribution in [2.75, 3.05) is 55.2 Å². The summed E-state index contributed by atoms with van der Waals surface area (Å²) >= 11 is 2.08. The van der Waals surface area contributed by atoms with E-state index in [4.69, 9.17) is 9.97 Å². The van der Waals surface area contributed by atoms with Crippen LogP contribution in [-0.4, -0.2) is 70.3 Å². The van der Waals surface area contributed by atoms with E-state index in [9.17, 15) is 0 Å². The molecule has 0 bridgehead atoms. The first-order valence-electron chi connectivity index (χ1n) is 12.9. The van der Waals surface area contributed by atoms with Gasteiger partial charge in [-0.2, -0.15) is 0 Å². The fraction of sp³-hybridized carbons (Fsp3) is 0.720. The van der Waals surface area contributed by atoms with E-state index in [1.54, 1.807) is 0 Å². The van der Waals surface area contributed by atoms with E-state index in [1.165, 1.54) is 37.9 Å². The summed E-state index contributed by atoms with van der Waals surface area (Å²) < 4.78 is 2.58. The van der Waals surface area contributed by atoms with Crippen molar-refractivity contribution >= 4 is 34.6 Å². The van der Waals surface area contributed by atoms with Crippen LogP contribution in [0.2, 0.25) is 0 Å². The van der Waals surface area contributed by atoms with Crippen LogP contribution >= 0.6 is 11.9 Å². The molecule has 0 aromatic carbocycles. The Bertz CT molecular complexity index is 970. The van der Waals surface area contributed by atoms with Gasteiger partial charge in [0, 0.05) is 67.2 Å². The van der Waals surface area contributed by atoms with Gasteiger partial charge in [0.2, 0.25) is 5.95 Å². The van der Waals surface area contributed by atoms with Gasteiger partial charge < -0.3 is 15.5 Å². The molecule has 6 rings (SSSR count). The molecule has 3 aliphatic heterocycles. The molecule has 1 saturated carbocycles. The van der Waals surface area contributed by atoms with Crippen molar-refractivity contribution in [1.82, 2.24) is 24.6 Å². The van der Waals surface area contributed by atoms with Crippen molar-refractivity contribution < 1.29 is 0 Å². The highest BCUT2D eigenvalue weighted by Gasteiger charge is 2.46. The van der Waals surface area contributed by atoms with Crippen molar-refractivity contribution in [2.24, 2.45) is 11.3 Å². The van der Waals surface area contributed by atoms with Crippen LogP contribution in [0.25, 0.3) is 10.9 Å². The molecule has 5 heterocycles. The quantitative estimate of drug-likeness (QED) is 0.621. The van der Waals surface area contributed by atoms with Gasteiger partial charge in [-0.15, -0.1) is 0 Å². The lowest BCUT2D eigenvalue weighted by atomic mass is 9.79. The Morgan fingerprint density at radius 2 is 1.97 bits per heavy atom. The van der Waals surface area contributed by atoms with Gasteiger partial charge in [0.15, 0.2) is 5.82 Å². The first-order valence-corrected chi connectivity index (χ1v) is 13.8. The highest BCUT2D eigenvalue weighted by atomic mass is 32.2. The van der Waals surface area contributed by atoms with E-state index in [0.29, 0.717) is 11.5 Å². The topological polar surface area (TPSA) is 69.2 Å². The van der Waals surface area contributed by atoms with Crippen LogP contribution in [0.5, 0.6) is 0 Å². The fourth-order valence-electron chi connectivity index (χ4n) is 6.12. The van der Waals surface area contributed by atoms with Crippen LogP contribution < -0.4 is 15.5 Å². The first kappa shape index (κ1) is 21.9. The Morgan fingerprint density at radius 1 is 1.15 bits per heavy atom. The van der Waals surface area contributed by atoms with Gasteiger partial charge in [0.1, 0.15) is 5.52 Å². The molecule has 1 aliphatic carbocycles. The Morgan fingerprint density at radius 3 is 2.73 bits per heavy atom. The lowest BCUT2D eigenvalue weighted by molar-refractivity contribution is 0.242. The Balaban J connectivity index is 1.09. The molecule has 8 heteroatoms. The number of pyridine rings is 1. The van der Waals surface area contributed by atoms with Gasteiger partial charge in [0.25, 0.3) is 0 Å². The Hall–Kier alpha value is -1.64. The van der Waals surface area contributed by atoms with Crippen LogP contribution in [0.4, 0.5) is 11.8 Å². The summed E-state index contributed by atoms with van der Waals surface area (Å²) in [6.45, 7) is 8.80. The molecule has 33 heavy (non-hydrogen) atoms. The zero-order valence-electron chi connectivity index (χ0n) is 19.9. The van der Waals surface area contributed by atoms with Crippen molar-refractivity contribution in [1.29, 1.82) is 0 Å². The van der Waals surface area contributed by atoms with E-state index in [2.05, 4.69) is 49.8 Å². The minimum absolute atomic E-state index is 0.440. The number of anilines is 2. The molecule has 178 valence electrons. The number of hydrogen-bond acceptors (Lipinski definition) is 8. The maximum atomic E-state index is 4.98. The summed E-state index contributed by atoms with van der Waals surface area (Å²) in [5.74, 6) is 4.06. The molecule has 0 unspecified atom stereocenters. The third-order valence-electron chi connectivity index (χ3n) is 8.11. The predicted molar refractivity (Wildman–Crippen MR) is 137 cm³/mol. The summed E-state index contributed by atoms with van der Waals surface area (Å²) in [6.07, 6.45) is 11.3. The molecular weight excluding hydrogens is 430 g/mol. The Kier molecular flexibility index (Phi) is 6.09. The molecule has 0 radical (unpaired) electrons. The van der Waals surface area contributed by atoms with Crippen molar-refractivity contribution in [3.63, 3.8) is 0 Å². The van der Waals surface area contributed by atoms with E-state index < -0.39 is 0 Å². The summed E-state index contributed by atoms with van der Waals surface area (Å²) in [6, 6.07) is 2.56. The molecule has 3 saturated heterocycles. The van der Waals surface area contributed by atoms with Gasteiger partial charge in [-0.1, -0.05) is 24.8 Å². The number of rotatable bonds is 6. The summed E-state index contributed by atoms with van der Waals surface area (Å²) in [4.78, 5) is 17.0. The van der Waals surface area contributed by atoms with E-state index in [1.807, 2.05) is 6.20 Å². The minimum atomic E-state index is 0.440. The molecule has 4 aliphatic rings. The van der Waals surface area contributed by atoms with Crippen molar-refractivity contribution in [2.45, 2.75) is 57.9 Å². The zero-order chi connectivity index (χ0) is 22.3. The number of nitrogens with one attached hydrogen (secondary N) is 2. The molecule has 2 aromatic rings. The van der Waals surface area contributed by atoms with Crippen LogP contribution in [-0.2, 0) is 0 Å². The zero-order valence-corrected chi connectivity index (χ0v) is 20.7. The lowest BCUT2D eigenvalue weighted by Crippen LogP contribution is -2.58. The maximum absolute atomic E-state index is 4.98. The second kappa shape index (κ2) is 9.19. The number of piperidine rings is 1. The third kappa shape index (κ3) is 4.66. The molecule has 0 atom stereocenters. The van der Waals surface area contributed by atoms with Crippen LogP contribution in [0.3, 0.4) is 0 Å². The minimum Gasteiger partial charge on any atom is -0.353 e. The third-order valence-corrected chi connectivity index (χ3v) is 9.47. The smallest absolute Gasteiger partial charge is 0.223 e. The highest BCUT2D eigenvalue weighted by Crippen LogP contribution is 2.40. The van der Waals surface area contributed by atoms with Gasteiger partial charge >= 0.3 is 0 Å². The number of hydrogen-bond donors (Lipinski definition) is 2. The molecule has 2 N–H and O–H groups in total. The second-order valence-corrected chi connectivity index (χ2v) is 11.9. The van der Waals surface area contributed by atoms with Gasteiger partial charge in [-0.05, 0) is 57.6 Å². The molecule has 2 aromatic heterocycles. The highest BCUT2D eigenvalue weighted by molar-refractivity contribution is 7.97. The largest absolute Gasteiger partial charge is 0.353 e. The predicted octanol–water partition coefficient (Wildman–Crippen LogP) is 3.85. The van der Waals surface area contributed by atoms with Gasteiger partial charge in [-0.3, -0.25) is 4.31 Å². The average Bonchev–Trinajstić information content (AvgIpc) is 3.50. The molecule has 1 spiro atoms. The summed E-state index contributed by atoms with van der Waals surface area (Å²) in [7, 11) is 0. The monoisotopic (exact) mass is 467 g/mol. The van der Waals surface area contributed by atoms with Crippen LogP contribution in [0, 0.1) is 18.3 Å². The number of aryl methyl sites for hydroxylation is 1. The molecule has 7 nitrogen and oxygen atoms in total. The standard InChI is InChI=1S/C25H37N7S/c1-18-12-20-13-27-24(29-21-6-10-32(11-7-21)33-14-19-4-2-3-5-19)30-22(20)23(28-18)31-16-25(17-31)8-9-26-15-25/h12-13,19,21,26H,2-11,14-17H2,1H3,(H,27,29,30). The fourth-order valence-corrected chi connectivity index (χ4v) is 7.35. The van der Waals surface area contributed by atoms with E-state index in [-0.39, 0.29) is 0 Å². The van der Waals surface area contributed by atoms with Gasteiger partial charge in [0.05, 0.1) is 0 Å². The normalized spacial score (nSPS) is 24.1. The maximum Gasteiger partial charge on any atom is 0.223 e. The van der Waals surface area contributed by atoms with E-state index >= 15 is 0 Å². The molecular formula is C25H37N7S. The molecule has 0 amide bonds. The Labute approximate surface area is 201 Å². The second-order valence-electron chi connectivity index (χ2n) is 10.8. The number of fused-ring (bicyclic) bond motifs is 1. The number of aromatic nitrogens is 3. The number of nitrogens with zero attached hydrogens (tertiary/aromatic N) is 5. The van der Waals surface area contributed by atoms with Gasteiger partial charge in [-0.25, -0.2) is 15.0 Å². The van der Waals surface area contributed by atoms with Crippen molar-refractivity contribution in [3.05, 3.63) is 18.0 Å². The van der Waals surface area contributed by atoms with E-state index in [0.717, 1.165) is 86.4 Å². The van der Waals surface area contributed by atoms with Crippen LogP contribution in [0.1, 0.15) is 50.6 Å². The lowest BCUT2D eigenvalue weighted by Gasteiger charge is -2.48. The summed E-state index contributed by atoms with van der Waals surface area (Å²) in [5, 5.41) is 8.26. The average molecular weight is 468 g/mol. The molecule has 4 fully saturated rings. The first-order chi connectivity index (χ1) is 16.2. The summed E-state index contributed by atoms with van der Waals surface area (Å²) in [5.41, 5.74) is 2.47. The van der Waals surface area contributed by atoms with Crippen molar-refractivity contribution in [3.8, 4) is 0 Å². The SMILES string of the molecule is Cc1cc2cnc(NC3CCN(SCC4CCCC4)CC3)nc2c(N2CC3(CCNC3)C2)n1. The van der Waals surface area contributed by atoms with Crippen LogP contribution in [0.15, 0.2) is 12.3 Å².